The third kappa shape index (κ3) is 165. The smallest absolute Gasteiger partial charge is 0.358 e. The van der Waals surface area contributed by atoms with E-state index in [9.17, 15) is 0 Å². The van der Waals surface area contributed by atoms with Crippen LogP contribution in [0, 0.1) is 29.2 Å². The van der Waals surface area contributed by atoms with Crippen molar-refractivity contribution in [1.29, 1.82) is 0 Å². The van der Waals surface area contributed by atoms with Gasteiger partial charge in [0, 0.05) is 148 Å². The van der Waals surface area contributed by atoms with Crippen molar-refractivity contribution < 1.29 is 167 Å². The molecule has 0 rings (SSSR count). The maximum Gasteiger partial charge on any atom is 2.00 e. The summed E-state index contributed by atoms with van der Waals surface area (Å²) in [6, 6.07) is 0. The van der Waals surface area contributed by atoms with Crippen LogP contribution in [0.3, 0.4) is 0 Å². The van der Waals surface area contributed by atoms with Crippen molar-refractivity contribution in [2.75, 3.05) is 0 Å². The third-order valence-electron chi connectivity index (χ3n) is 0. The van der Waals surface area contributed by atoms with E-state index in [1.807, 2.05) is 0 Å². The summed E-state index contributed by atoms with van der Waals surface area (Å²) < 4.78 is 0. The Morgan fingerprint density at radius 3 is 0.429 bits per heavy atom. The number of hydrogen-bond acceptors (Lipinski definition) is 0. The van der Waals surface area contributed by atoms with Gasteiger partial charge in [-0.25, -0.2) is 0 Å². The van der Waals surface area contributed by atoms with Gasteiger partial charge in [-0.15, -0.1) is 0 Å². The van der Waals surface area contributed by atoms with Gasteiger partial charge >= 0.3 is 18.6 Å². The van der Waals surface area contributed by atoms with Crippen LogP contribution in [0.4, 0.5) is 0 Å². The van der Waals surface area contributed by atoms with Gasteiger partial charge in [0.05, 0.1) is 0 Å². The molecule has 0 saturated carbocycles. The van der Waals surface area contributed by atoms with E-state index in [1.54, 1.807) is 6.92 Å². The molecule has 0 aromatic rings. The average Bonchev–Trinajstić information content (AvgIpc) is 1.00. The van der Waals surface area contributed by atoms with E-state index in [0.29, 0.717) is 0 Å². The largest absolute Gasteiger partial charge is 2.00 e. The fourth-order valence-electron chi connectivity index (χ4n) is 0. The molecule has 0 N–H and O–H groups in total. The van der Waals surface area contributed by atoms with Gasteiger partial charge in [-0.3, -0.25) is 0 Å². The second-order valence-corrected chi connectivity index (χ2v) is 0. The van der Waals surface area contributed by atoms with Crippen LogP contribution in [0.15, 0.2) is 0 Å². The zero-order valence-electron chi connectivity index (χ0n) is 8.73. The van der Waals surface area contributed by atoms with E-state index in [4.69, 9.17) is 0 Å². The van der Waals surface area contributed by atoms with Crippen LogP contribution in [0.25, 0.3) is 0 Å². The van der Waals surface area contributed by atoms with Crippen LogP contribution in [0.5, 0.6) is 0 Å². The summed E-state index contributed by atoms with van der Waals surface area (Å²) in [6.45, 7) is 5.00. The van der Waals surface area contributed by atoms with Gasteiger partial charge in [0.1, 0.15) is 0 Å². The van der Waals surface area contributed by atoms with E-state index >= 15 is 0 Å². The summed E-state index contributed by atoms with van der Waals surface area (Å²) >= 11 is 0. The zero-order valence-corrected chi connectivity index (χ0v) is 21.3. The van der Waals surface area contributed by atoms with Gasteiger partial charge in [0.15, 0.2) is 0 Å². The Bertz CT molecular complexity index is 13.2. The quantitative estimate of drug-likeness (QED) is 0.420. The monoisotopic (exact) mass is 533 g/mol. The predicted octanol–water partition coefficient (Wildman–Crippen LogP) is 2.17. The second-order valence-electron chi connectivity index (χ2n) is 0. The van der Waals surface area contributed by atoms with Crippen LogP contribution in [-0.4, -0.2) is 0 Å². The Kier molecular flexibility index (Phi) is 2300. The van der Waals surface area contributed by atoms with Crippen LogP contribution in [0.2, 0.25) is 0 Å². The number of rotatable bonds is 0. The van der Waals surface area contributed by atoms with Crippen molar-refractivity contribution in [2.24, 2.45) is 0 Å². The fourth-order valence-corrected chi connectivity index (χ4v) is 0. The van der Waals surface area contributed by atoms with E-state index in [1.165, 1.54) is 0 Å². The average molecular weight is 533 g/mol. The summed E-state index contributed by atoms with van der Waals surface area (Å²) in [5.74, 6) is 0. The standard InChI is InChI=1S/C2H5.3CH3.9V/c1-2;;;;;;;;;;;;/h1H2,2H3;3*1H3;;;;;;;;;/q4*-1;;;;;;;;;+2. The van der Waals surface area contributed by atoms with Crippen molar-refractivity contribution >= 4 is 0 Å². The maximum absolute atomic E-state index is 3.25. The summed E-state index contributed by atoms with van der Waals surface area (Å²) in [7, 11) is 0. The van der Waals surface area contributed by atoms with Crippen LogP contribution in [-0.2, 0) is 167 Å². The number of hydrogen-bond donors (Lipinski definition) is 0. The molecule has 0 aliphatic carbocycles. The molecule has 0 aromatic heterocycles. The first-order valence-corrected chi connectivity index (χ1v) is 0.707. The Morgan fingerprint density at radius 2 is 0.429 bits per heavy atom. The Morgan fingerprint density at radius 1 is 0.429 bits per heavy atom. The summed E-state index contributed by atoms with van der Waals surface area (Å²) in [4.78, 5) is 0. The molecule has 0 amide bonds. The SMILES string of the molecule is [CH2-]C.[CH3-].[CH3-].[CH3-].[V+2].[V].[V].[V].[V].[V].[V].[V].[V]. The summed E-state index contributed by atoms with van der Waals surface area (Å²) in [5.41, 5.74) is 0. The van der Waals surface area contributed by atoms with Gasteiger partial charge in [0.2, 0.25) is 0 Å². The fraction of sp³-hybridized carbons (Fsp3) is 0.200. The Hall–Kier alpha value is 5.26. The predicted molar refractivity (Wildman–Crippen MR) is 30.3 cm³/mol. The normalized spacial score (nSPS) is 0.429. The molecule has 0 aromatic carbocycles. The van der Waals surface area contributed by atoms with E-state index in [2.05, 4.69) is 6.92 Å². The molecule has 0 bridgehead atoms. The van der Waals surface area contributed by atoms with Crippen molar-refractivity contribution in [3.05, 3.63) is 29.2 Å². The van der Waals surface area contributed by atoms with E-state index < -0.39 is 0 Å². The first-order valence-electron chi connectivity index (χ1n) is 0.707. The molecule has 81 valence electrons. The first-order chi connectivity index (χ1) is 1.00. The summed E-state index contributed by atoms with van der Waals surface area (Å²) in [5, 5.41) is 0. The van der Waals surface area contributed by atoms with Crippen molar-refractivity contribution in [2.45, 2.75) is 6.92 Å². The molecule has 0 spiro atoms. The molecule has 0 unspecified atom stereocenters. The van der Waals surface area contributed by atoms with Gasteiger partial charge in [-0.2, -0.15) is 6.92 Å². The van der Waals surface area contributed by atoms with Gasteiger partial charge in [-0.05, 0) is 0 Å². The van der Waals surface area contributed by atoms with E-state index in [-0.39, 0.29) is 189 Å². The molecule has 14 heavy (non-hydrogen) atoms. The van der Waals surface area contributed by atoms with Gasteiger partial charge in [-0.1, -0.05) is 0 Å². The zero-order chi connectivity index (χ0) is 2.00. The second kappa shape index (κ2) is 197. The molecule has 0 saturated heterocycles. The van der Waals surface area contributed by atoms with Crippen LogP contribution in [0.1, 0.15) is 6.92 Å². The Labute approximate surface area is 199 Å². The molecule has 9 heteroatoms. The molecule has 0 heterocycles. The van der Waals surface area contributed by atoms with Crippen molar-refractivity contribution in [3.63, 3.8) is 0 Å². The third-order valence-corrected chi connectivity index (χ3v) is 0. The molecule has 0 nitrogen and oxygen atoms in total. The Balaban J connectivity index is -0.0000000000758. The molecule has 9 radical (unpaired) electrons. The minimum Gasteiger partial charge on any atom is -0.358 e. The molecule has 0 fully saturated rings. The molecule has 0 aliphatic heterocycles. The van der Waals surface area contributed by atoms with Gasteiger partial charge in [0.25, 0.3) is 0 Å². The molecule has 0 atom stereocenters. The van der Waals surface area contributed by atoms with Gasteiger partial charge < -0.3 is 29.2 Å². The van der Waals surface area contributed by atoms with Crippen LogP contribution < -0.4 is 0 Å². The molecular formula is C5H14V9-2. The maximum atomic E-state index is 3.25. The minimum absolute atomic E-state index is 0. The first kappa shape index (κ1) is 164. The van der Waals surface area contributed by atoms with E-state index in [0.717, 1.165) is 0 Å². The molecule has 0 aliphatic rings. The van der Waals surface area contributed by atoms with Crippen molar-refractivity contribution in [3.8, 4) is 0 Å². The summed E-state index contributed by atoms with van der Waals surface area (Å²) in [6.07, 6.45) is 0. The topological polar surface area (TPSA) is 0 Å². The van der Waals surface area contributed by atoms with Crippen LogP contribution >= 0.6 is 0 Å². The minimum atomic E-state index is 0. The molecular weight excluding hydrogens is 519 g/mol. The van der Waals surface area contributed by atoms with Crippen molar-refractivity contribution in [1.82, 2.24) is 0 Å².